The number of rotatable bonds is 4. The standard InChI is InChI=1S/C13H14BrClFNO/c14-10-6-5-9(13(16)12(10)15)11(18)7-17-8-3-1-2-4-8/h5-6,8,17H,1-4,7H2. The van der Waals surface area contributed by atoms with Crippen molar-refractivity contribution in [1.82, 2.24) is 5.32 Å². The van der Waals surface area contributed by atoms with Gasteiger partial charge in [0, 0.05) is 10.5 Å². The molecular formula is C13H14BrClFNO. The van der Waals surface area contributed by atoms with E-state index in [0.717, 1.165) is 12.8 Å². The maximum Gasteiger partial charge on any atom is 0.179 e. The lowest BCUT2D eigenvalue weighted by molar-refractivity contribution is 0.0983. The number of halogens is 3. The van der Waals surface area contributed by atoms with E-state index in [1.54, 1.807) is 6.07 Å². The number of Topliss-reactive ketones (excluding diaryl/α,β-unsaturated/α-hetero) is 1. The van der Waals surface area contributed by atoms with Crippen LogP contribution >= 0.6 is 27.5 Å². The zero-order valence-corrected chi connectivity index (χ0v) is 12.2. The van der Waals surface area contributed by atoms with Gasteiger partial charge in [-0.2, -0.15) is 0 Å². The van der Waals surface area contributed by atoms with Gasteiger partial charge in [0.2, 0.25) is 0 Å². The van der Waals surface area contributed by atoms with Crippen LogP contribution in [0.3, 0.4) is 0 Å². The molecule has 0 bridgehead atoms. The second-order valence-corrected chi connectivity index (χ2v) is 5.74. The topological polar surface area (TPSA) is 29.1 Å². The average molecular weight is 335 g/mol. The lowest BCUT2D eigenvalue weighted by Gasteiger charge is -2.11. The van der Waals surface area contributed by atoms with Crippen molar-refractivity contribution in [3.8, 4) is 0 Å². The van der Waals surface area contributed by atoms with Crippen molar-refractivity contribution in [2.24, 2.45) is 0 Å². The maximum atomic E-state index is 13.8. The predicted molar refractivity (Wildman–Crippen MR) is 73.7 cm³/mol. The van der Waals surface area contributed by atoms with Crippen LogP contribution in [0, 0.1) is 5.82 Å². The molecule has 1 N–H and O–H groups in total. The molecule has 0 unspecified atom stereocenters. The number of hydrogen-bond acceptors (Lipinski definition) is 2. The van der Waals surface area contributed by atoms with Gasteiger partial charge in [0.05, 0.1) is 17.1 Å². The minimum Gasteiger partial charge on any atom is -0.307 e. The van der Waals surface area contributed by atoms with Gasteiger partial charge in [-0.15, -0.1) is 0 Å². The molecule has 18 heavy (non-hydrogen) atoms. The highest BCUT2D eigenvalue weighted by Gasteiger charge is 2.19. The number of carbonyl (C=O) groups is 1. The normalized spacial score (nSPS) is 16.2. The molecule has 0 spiro atoms. The molecule has 1 aliphatic rings. The summed E-state index contributed by atoms with van der Waals surface area (Å²) < 4.78 is 14.3. The monoisotopic (exact) mass is 333 g/mol. The van der Waals surface area contributed by atoms with Gasteiger partial charge in [-0.3, -0.25) is 4.79 Å². The summed E-state index contributed by atoms with van der Waals surface area (Å²) in [6.07, 6.45) is 4.59. The number of ketones is 1. The molecule has 0 aliphatic heterocycles. The molecule has 1 saturated carbocycles. The summed E-state index contributed by atoms with van der Waals surface area (Å²) in [6.45, 7) is 0.166. The van der Waals surface area contributed by atoms with Gasteiger partial charge in [-0.25, -0.2) is 4.39 Å². The van der Waals surface area contributed by atoms with Crippen molar-refractivity contribution < 1.29 is 9.18 Å². The molecule has 0 radical (unpaired) electrons. The quantitative estimate of drug-likeness (QED) is 0.667. The molecule has 98 valence electrons. The van der Waals surface area contributed by atoms with E-state index >= 15 is 0 Å². The third kappa shape index (κ3) is 3.11. The van der Waals surface area contributed by atoms with Crippen molar-refractivity contribution in [3.63, 3.8) is 0 Å². The van der Waals surface area contributed by atoms with Gasteiger partial charge < -0.3 is 5.32 Å². The maximum absolute atomic E-state index is 13.8. The van der Waals surface area contributed by atoms with Crippen molar-refractivity contribution >= 4 is 33.3 Å². The Hall–Kier alpha value is -0.450. The largest absolute Gasteiger partial charge is 0.307 e. The summed E-state index contributed by atoms with van der Waals surface area (Å²) in [6, 6.07) is 3.45. The average Bonchev–Trinajstić information content (AvgIpc) is 2.86. The molecule has 0 aromatic heterocycles. The molecule has 1 aromatic rings. The second kappa shape index (κ2) is 6.13. The number of hydrogen-bond donors (Lipinski definition) is 1. The summed E-state index contributed by atoms with van der Waals surface area (Å²) in [5.74, 6) is -0.905. The van der Waals surface area contributed by atoms with Crippen LogP contribution in [-0.4, -0.2) is 18.4 Å². The lowest BCUT2D eigenvalue weighted by atomic mass is 10.1. The third-order valence-electron chi connectivity index (χ3n) is 3.24. The van der Waals surface area contributed by atoms with Crippen LogP contribution < -0.4 is 5.32 Å². The minimum absolute atomic E-state index is 0.0401. The second-order valence-electron chi connectivity index (χ2n) is 4.51. The molecule has 0 amide bonds. The first-order valence-electron chi connectivity index (χ1n) is 5.99. The molecule has 1 aliphatic carbocycles. The highest BCUT2D eigenvalue weighted by Crippen LogP contribution is 2.27. The zero-order chi connectivity index (χ0) is 13.1. The van der Waals surface area contributed by atoms with E-state index in [-0.39, 0.29) is 22.9 Å². The van der Waals surface area contributed by atoms with Crippen LogP contribution in [0.15, 0.2) is 16.6 Å². The fourth-order valence-electron chi connectivity index (χ4n) is 2.20. The van der Waals surface area contributed by atoms with Crippen LogP contribution in [-0.2, 0) is 0 Å². The van der Waals surface area contributed by atoms with E-state index in [9.17, 15) is 9.18 Å². The number of nitrogens with one attached hydrogen (secondary N) is 1. The summed E-state index contributed by atoms with van der Waals surface area (Å²) in [5, 5.41) is 3.13. The summed E-state index contributed by atoms with van der Waals surface area (Å²) in [7, 11) is 0. The molecule has 2 nitrogen and oxygen atoms in total. The van der Waals surface area contributed by atoms with E-state index in [2.05, 4.69) is 21.2 Å². The first kappa shape index (κ1) is 14.0. The van der Waals surface area contributed by atoms with Gasteiger partial charge >= 0.3 is 0 Å². The highest BCUT2D eigenvalue weighted by molar-refractivity contribution is 9.10. The third-order valence-corrected chi connectivity index (χ3v) is 4.50. The molecule has 1 aromatic carbocycles. The van der Waals surface area contributed by atoms with Crippen molar-refractivity contribution in [1.29, 1.82) is 0 Å². The number of carbonyl (C=O) groups excluding carboxylic acids is 1. The zero-order valence-electron chi connectivity index (χ0n) is 9.81. The Morgan fingerprint density at radius 1 is 1.44 bits per heavy atom. The van der Waals surface area contributed by atoms with Crippen LogP contribution in [0.4, 0.5) is 4.39 Å². The van der Waals surface area contributed by atoms with Crippen LogP contribution in [0.5, 0.6) is 0 Å². The molecule has 0 heterocycles. The minimum atomic E-state index is -0.649. The fourth-order valence-corrected chi connectivity index (χ4v) is 2.67. The van der Waals surface area contributed by atoms with Crippen LogP contribution in [0.1, 0.15) is 36.0 Å². The van der Waals surface area contributed by atoms with Gasteiger partial charge in [0.1, 0.15) is 0 Å². The van der Waals surface area contributed by atoms with E-state index in [4.69, 9.17) is 11.6 Å². The first-order valence-corrected chi connectivity index (χ1v) is 7.16. The van der Waals surface area contributed by atoms with Crippen molar-refractivity contribution in [2.45, 2.75) is 31.7 Å². The van der Waals surface area contributed by atoms with Crippen molar-refractivity contribution in [3.05, 3.63) is 33.0 Å². The molecular weight excluding hydrogens is 321 g/mol. The van der Waals surface area contributed by atoms with Crippen molar-refractivity contribution in [2.75, 3.05) is 6.54 Å². The summed E-state index contributed by atoms with van der Waals surface area (Å²) in [4.78, 5) is 11.9. The molecule has 5 heteroatoms. The van der Waals surface area contributed by atoms with Crippen LogP contribution in [0.25, 0.3) is 0 Å². The Bertz CT molecular complexity index is 461. The Morgan fingerprint density at radius 3 is 2.78 bits per heavy atom. The summed E-state index contributed by atoms with van der Waals surface area (Å²) in [5.41, 5.74) is 0.0497. The Kier molecular flexibility index (Phi) is 4.76. The van der Waals surface area contributed by atoms with E-state index in [1.165, 1.54) is 18.9 Å². The van der Waals surface area contributed by atoms with Gasteiger partial charge in [-0.1, -0.05) is 24.4 Å². The SMILES string of the molecule is O=C(CNC1CCCC1)c1ccc(Br)c(Cl)c1F. The van der Waals surface area contributed by atoms with Gasteiger partial charge in [0.25, 0.3) is 0 Å². The van der Waals surface area contributed by atoms with Gasteiger partial charge in [0.15, 0.2) is 11.6 Å². The molecule has 1 fully saturated rings. The Labute approximate surface area is 119 Å². The van der Waals surface area contributed by atoms with Crippen LogP contribution in [0.2, 0.25) is 5.02 Å². The van der Waals surface area contributed by atoms with E-state index in [0.29, 0.717) is 10.5 Å². The van der Waals surface area contributed by atoms with Gasteiger partial charge in [-0.05, 0) is 40.9 Å². The first-order chi connectivity index (χ1) is 8.59. The molecule has 0 atom stereocenters. The smallest absolute Gasteiger partial charge is 0.179 e. The van der Waals surface area contributed by atoms with E-state index < -0.39 is 5.82 Å². The highest BCUT2D eigenvalue weighted by atomic mass is 79.9. The number of benzene rings is 1. The van der Waals surface area contributed by atoms with E-state index in [1.807, 2.05) is 0 Å². The lowest BCUT2D eigenvalue weighted by Crippen LogP contribution is -2.31. The fraction of sp³-hybridized carbons (Fsp3) is 0.462. The summed E-state index contributed by atoms with van der Waals surface area (Å²) >= 11 is 8.88. The predicted octanol–water partition coefficient (Wildman–Crippen LogP) is 3.96. The Balaban J connectivity index is 2.02. The Morgan fingerprint density at radius 2 is 2.11 bits per heavy atom. The molecule has 0 saturated heterocycles. The molecule has 2 rings (SSSR count).